The number of primary sulfonamides is 1. The zero-order chi connectivity index (χ0) is 15.0. The highest BCUT2D eigenvalue weighted by atomic mass is 35.5. The van der Waals surface area contributed by atoms with Gasteiger partial charge in [0.1, 0.15) is 4.90 Å². The smallest absolute Gasteiger partial charge is 0.239 e. The van der Waals surface area contributed by atoms with Crippen LogP contribution in [-0.4, -0.2) is 14.6 Å². The molecule has 1 heterocycles. The number of hydrogen-bond donors (Lipinski definition) is 3. The first-order chi connectivity index (χ1) is 9.93. The van der Waals surface area contributed by atoms with Gasteiger partial charge in [0.2, 0.25) is 10.0 Å². The molecule has 2 aliphatic rings. The van der Waals surface area contributed by atoms with Crippen molar-refractivity contribution in [2.24, 2.45) is 11.1 Å². The largest absolute Gasteiger partial charge is 0.368 e. The maximum atomic E-state index is 11.5. The van der Waals surface area contributed by atoms with Crippen molar-refractivity contribution in [2.45, 2.75) is 48.1 Å². The van der Waals surface area contributed by atoms with E-state index in [1.54, 1.807) is 6.07 Å². The van der Waals surface area contributed by atoms with E-state index in [-0.39, 0.29) is 16.1 Å². The van der Waals surface area contributed by atoms with Gasteiger partial charge in [0.05, 0.1) is 16.9 Å². The van der Waals surface area contributed by atoms with Crippen LogP contribution < -0.4 is 15.2 Å². The Kier molecular flexibility index (Phi) is 4.38. The van der Waals surface area contributed by atoms with Crippen LogP contribution in [0.3, 0.4) is 0 Å². The van der Waals surface area contributed by atoms with Gasteiger partial charge in [-0.05, 0) is 36.4 Å². The van der Waals surface area contributed by atoms with E-state index in [9.17, 15) is 8.42 Å². The highest BCUT2D eigenvalue weighted by molar-refractivity contribution is 7.97. The lowest BCUT2D eigenvalue weighted by atomic mass is 10.0. The van der Waals surface area contributed by atoms with Crippen molar-refractivity contribution >= 4 is 39.3 Å². The van der Waals surface area contributed by atoms with Gasteiger partial charge in [-0.3, -0.25) is 0 Å². The van der Waals surface area contributed by atoms with Crippen molar-refractivity contribution in [3.05, 3.63) is 17.2 Å². The van der Waals surface area contributed by atoms with Crippen molar-refractivity contribution in [1.29, 1.82) is 0 Å². The minimum Gasteiger partial charge on any atom is -0.368 e. The van der Waals surface area contributed by atoms with E-state index < -0.39 is 10.0 Å². The third-order valence-electron chi connectivity index (χ3n) is 4.03. The third-order valence-corrected chi connectivity index (χ3v) is 6.36. The fraction of sp³-hybridized carbons (Fsp3) is 0.538. The highest BCUT2D eigenvalue weighted by Gasteiger charge is 2.25. The molecular weight excluding hydrogens is 330 g/mol. The Bertz CT molecular complexity index is 645. The van der Waals surface area contributed by atoms with Crippen molar-refractivity contribution in [2.75, 3.05) is 5.32 Å². The second kappa shape index (κ2) is 5.96. The summed E-state index contributed by atoms with van der Waals surface area (Å²) >= 11 is 7.46. The van der Waals surface area contributed by atoms with Crippen LogP contribution in [0.25, 0.3) is 0 Å². The maximum absolute atomic E-state index is 11.5. The Morgan fingerprint density at radius 3 is 2.71 bits per heavy atom. The van der Waals surface area contributed by atoms with Gasteiger partial charge in [-0.15, -0.1) is 0 Å². The summed E-state index contributed by atoms with van der Waals surface area (Å²) in [5.41, 5.74) is 0.860. The highest BCUT2D eigenvalue weighted by Crippen LogP contribution is 2.38. The number of benzene rings is 1. The normalized spacial score (nSPS) is 22.9. The molecule has 1 atom stereocenters. The first-order valence-electron chi connectivity index (χ1n) is 6.99. The molecule has 1 fully saturated rings. The Morgan fingerprint density at radius 1 is 1.33 bits per heavy atom. The lowest BCUT2D eigenvalue weighted by molar-refractivity contribution is 0.450. The first kappa shape index (κ1) is 15.4. The summed E-state index contributed by atoms with van der Waals surface area (Å²) in [5, 5.41) is 8.71. The summed E-state index contributed by atoms with van der Waals surface area (Å²) in [6, 6.07) is 3.16. The van der Waals surface area contributed by atoms with E-state index in [0.29, 0.717) is 0 Å². The molecule has 1 aliphatic heterocycles. The van der Waals surface area contributed by atoms with Crippen molar-refractivity contribution in [3.63, 3.8) is 0 Å². The number of nitrogens with two attached hydrogens (primary N) is 1. The van der Waals surface area contributed by atoms with Gasteiger partial charge < -0.3 is 5.32 Å². The van der Waals surface area contributed by atoms with Gasteiger partial charge >= 0.3 is 0 Å². The number of fused-ring (bicyclic) bond motifs is 1. The molecule has 0 spiro atoms. The van der Waals surface area contributed by atoms with E-state index in [2.05, 4.69) is 10.0 Å². The van der Waals surface area contributed by atoms with Gasteiger partial charge in [-0.1, -0.05) is 37.3 Å². The van der Waals surface area contributed by atoms with E-state index in [4.69, 9.17) is 16.7 Å². The molecule has 3 rings (SSSR count). The van der Waals surface area contributed by atoms with Crippen LogP contribution in [0.4, 0.5) is 5.69 Å². The topological polar surface area (TPSA) is 84.2 Å². The average Bonchev–Trinajstić information content (AvgIpc) is 2.89. The molecule has 0 bridgehead atoms. The second-order valence-electron chi connectivity index (χ2n) is 5.63. The quantitative estimate of drug-likeness (QED) is 0.732. The monoisotopic (exact) mass is 347 g/mol. The Balaban J connectivity index is 1.78. The van der Waals surface area contributed by atoms with E-state index in [1.165, 1.54) is 43.7 Å². The van der Waals surface area contributed by atoms with Crippen molar-refractivity contribution in [3.8, 4) is 0 Å². The van der Waals surface area contributed by atoms with Gasteiger partial charge in [0.15, 0.2) is 0 Å². The molecule has 5 nitrogen and oxygen atoms in total. The molecule has 1 aromatic rings. The Hall–Kier alpha value is -0.470. The number of halogens is 1. The van der Waals surface area contributed by atoms with Gasteiger partial charge in [-0.25, -0.2) is 18.3 Å². The molecule has 1 aliphatic carbocycles. The van der Waals surface area contributed by atoms with Gasteiger partial charge in [-0.2, -0.15) is 0 Å². The SMILES string of the molecule is NS(=O)(=O)c1cc2c(cc1Cl)NC(CC1CCCC1)NS2. The third kappa shape index (κ3) is 3.48. The van der Waals surface area contributed by atoms with Crippen LogP contribution >= 0.6 is 23.5 Å². The van der Waals surface area contributed by atoms with E-state index >= 15 is 0 Å². The standard InChI is InChI=1S/C13H18ClN3O2S2/c14-9-6-10-11(7-12(9)21(15,18)19)20-17-13(16-10)5-8-3-1-2-4-8/h6-8,13,16-17H,1-5H2,(H2,15,18,19). The van der Waals surface area contributed by atoms with Crippen LogP contribution in [0.1, 0.15) is 32.1 Å². The molecule has 1 unspecified atom stereocenters. The molecule has 0 saturated heterocycles. The van der Waals surface area contributed by atoms with Crippen LogP contribution in [0, 0.1) is 5.92 Å². The molecular formula is C13H18ClN3O2S2. The van der Waals surface area contributed by atoms with Crippen LogP contribution in [0.2, 0.25) is 5.02 Å². The summed E-state index contributed by atoms with van der Waals surface area (Å²) in [5.74, 6) is 0.760. The molecule has 21 heavy (non-hydrogen) atoms. The number of nitrogens with one attached hydrogen (secondary N) is 2. The summed E-state index contributed by atoms with van der Waals surface area (Å²) in [6.45, 7) is 0. The van der Waals surface area contributed by atoms with Crippen LogP contribution in [-0.2, 0) is 10.0 Å². The minimum absolute atomic E-state index is 0.0340. The average molecular weight is 348 g/mol. The number of sulfonamides is 1. The maximum Gasteiger partial charge on any atom is 0.239 e. The minimum atomic E-state index is -3.80. The lowest BCUT2D eigenvalue weighted by Gasteiger charge is -2.29. The zero-order valence-electron chi connectivity index (χ0n) is 11.4. The molecule has 1 saturated carbocycles. The molecule has 0 aromatic heterocycles. The Morgan fingerprint density at radius 2 is 2.05 bits per heavy atom. The Labute approximate surface area is 134 Å². The van der Waals surface area contributed by atoms with Gasteiger partial charge in [0.25, 0.3) is 0 Å². The number of anilines is 1. The molecule has 116 valence electrons. The zero-order valence-corrected chi connectivity index (χ0v) is 13.8. The molecule has 1 aromatic carbocycles. The van der Waals surface area contributed by atoms with Crippen molar-refractivity contribution in [1.82, 2.24) is 4.72 Å². The second-order valence-corrected chi connectivity index (χ2v) is 8.44. The molecule has 8 heteroatoms. The number of rotatable bonds is 3. The summed E-state index contributed by atoms with van der Waals surface area (Å²) in [4.78, 5) is 0.763. The fourth-order valence-electron chi connectivity index (χ4n) is 2.99. The van der Waals surface area contributed by atoms with E-state index in [1.807, 2.05) is 0 Å². The van der Waals surface area contributed by atoms with Crippen LogP contribution in [0.15, 0.2) is 21.9 Å². The predicted molar refractivity (Wildman–Crippen MR) is 85.8 cm³/mol. The predicted octanol–water partition coefficient (Wildman–Crippen LogP) is 2.92. The molecule has 0 radical (unpaired) electrons. The van der Waals surface area contributed by atoms with E-state index in [0.717, 1.165) is 22.9 Å². The summed E-state index contributed by atoms with van der Waals surface area (Å²) in [6.07, 6.45) is 6.49. The fourth-order valence-corrected chi connectivity index (χ4v) is 4.99. The number of hydrogen-bond acceptors (Lipinski definition) is 5. The lowest BCUT2D eigenvalue weighted by Crippen LogP contribution is -2.36. The summed E-state index contributed by atoms with van der Waals surface area (Å²) < 4.78 is 26.3. The molecule has 0 amide bonds. The first-order valence-corrected chi connectivity index (χ1v) is 9.73. The van der Waals surface area contributed by atoms with Crippen LogP contribution in [0.5, 0.6) is 0 Å². The molecule has 4 N–H and O–H groups in total. The summed E-state index contributed by atoms with van der Waals surface area (Å²) in [7, 11) is -3.80. The van der Waals surface area contributed by atoms with Gasteiger partial charge in [0, 0.05) is 4.90 Å². The van der Waals surface area contributed by atoms with Crippen molar-refractivity contribution < 1.29 is 8.42 Å².